The van der Waals surface area contributed by atoms with Gasteiger partial charge in [-0.05, 0) is 13.0 Å². The molecule has 0 aliphatic heterocycles. The Balaban J connectivity index is 3.00. The van der Waals surface area contributed by atoms with E-state index < -0.39 is 0 Å². The molecule has 0 bridgehead atoms. The first-order valence-corrected chi connectivity index (χ1v) is 4.60. The summed E-state index contributed by atoms with van der Waals surface area (Å²) in [6.07, 6.45) is 0.988. The first kappa shape index (κ1) is 10.2. The lowest BCUT2D eigenvalue weighted by molar-refractivity contribution is -0.467. The minimum Gasteiger partial charge on any atom is -0.428 e. The highest BCUT2D eigenvalue weighted by Crippen LogP contribution is 2.11. The molecule has 0 atom stereocenters. The highest BCUT2D eigenvalue weighted by atomic mass is 16.5. The molecule has 6 heteroatoms. The van der Waals surface area contributed by atoms with Crippen molar-refractivity contribution in [1.29, 1.82) is 0 Å². The molecule has 2 N–H and O–H groups in total. The van der Waals surface area contributed by atoms with Gasteiger partial charge in [0, 0.05) is 11.0 Å². The van der Waals surface area contributed by atoms with Crippen LogP contribution in [0.15, 0.2) is 29.4 Å². The van der Waals surface area contributed by atoms with Gasteiger partial charge in [0.2, 0.25) is 0 Å². The van der Waals surface area contributed by atoms with Gasteiger partial charge in [-0.2, -0.15) is 4.73 Å². The molecule has 1 heterocycles. The number of fused-ring (bicyclic) bond motifs is 1. The highest BCUT2D eigenvalue weighted by molar-refractivity contribution is 5.79. The summed E-state index contributed by atoms with van der Waals surface area (Å²) in [7, 11) is 0. The van der Waals surface area contributed by atoms with Crippen LogP contribution in [-0.4, -0.2) is 21.4 Å². The summed E-state index contributed by atoms with van der Waals surface area (Å²) in [5, 5.41) is 21.1. The van der Waals surface area contributed by atoms with E-state index in [0.717, 1.165) is 10.9 Å². The second-order valence-corrected chi connectivity index (χ2v) is 3.31. The minimum absolute atomic E-state index is 0.0868. The third-order valence-electron chi connectivity index (χ3n) is 2.42. The first-order valence-electron chi connectivity index (χ1n) is 4.60. The number of para-hydroxylation sites is 2. The van der Waals surface area contributed by atoms with Crippen LogP contribution in [0.2, 0.25) is 0 Å². The minimum atomic E-state index is 0.0868. The summed E-state index contributed by atoms with van der Waals surface area (Å²) in [5.41, 5.74) is 1.07. The van der Waals surface area contributed by atoms with Crippen molar-refractivity contribution in [2.45, 2.75) is 6.92 Å². The van der Waals surface area contributed by atoms with E-state index in [9.17, 15) is 10.1 Å². The lowest BCUT2D eigenvalue weighted by Gasteiger charge is -2.03. The summed E-state index contributed by atoms with van der Waals surface area (Å²) >= 11 is 0. The molecule has 82 valence electrons. The molecule has 0 aliphatic rings. The number of hydrogen-bond acceptors (Lipinski definition) is 4. The van der Waals surface area contributed by atoms with Crippen molar-refractivity contribution in [2.75, 3.05) is 0 Å². The molecule has 0 saturated heterocycles. The fourth-order valence-electron chi connectivity index (χ4n) is 1.58. The van der Waals surface area contributed by atoms with E-state index in [-0.39, 0.29) is 5.69 Å². The zero-order valence-corrected chi connectivity index (χ0v) is 8.53. The third-order valence-corrected chi connectivity index (χ3v) is 2.42. The number of nitrogens with zero attached hydrogens (tertiary/aromatic N) is 3. The van der Waals surface area contributed by atoms with Crippen LogP contribution < -0.4 is 4.43 Å². The maximum absolute atomic E-state index is 11.9. The Morgan fingerprint density at radius 2 is 2.12 bits per heavy atom. The largest absolute Gasteiger partial charge is 0.428 e. The average molecular weight is 220 g/mol. The quantitative estimate of drug-likeness (QED) is 0.246. The van der Waals surface area contributed by atoms with Crippen LogP contribution in [0.1, 0.15) is 11.4 Å². The SMILES string of the molecule is Cc1c(/C=N\O)[n+](=O)c2ccccc2n1O. The van der Waals surface area contributed by atoms with E-state index in [1.807, 2.05) is 0 Å². The van der Waals surface area contributed by atoms with Gasteiger partial charge in [-0.3, -0.25) is 0 Å². The Morgan fingerprint density at radius 3 is 2.81 bits per heavy atom. The molecular weight excluding hydrogens is 210 g/mol. The molecule has 0 radical (unpaired) electrons. The molecule has 2 aromatic rings. The van der Waals surface area contributed by atoms with E-state index in [1.165, 1.54) is 0 Å². The van der Waals surface area contributed by atoms with E-state index in [1.54, 1.807) is 31.2 Å². The van der Waals surface area contributed by atoms with Gasteiger partial charge in [-0.1, -0.05) is 17.3 Å². The molecule has 0 unspecified atom stereocenters. The smallest absolute Gasteiger partial charge is 0.307 e. The summed E-state index contributed by atoms with van der Waals surface area (Å²) in [6.45, 7) is 1.55. The molecule has 6 nitrogen and oxygen atoms in total. The van der Waals surface area contributed by atoms with Crippen LogP contribution >= 0.6 is 0 Å². The Morgan fingerprint density at radius 1 is 1.44 bits per heavy atom. The van der Waals surface area contributed by atoms with Gasteiger partial charge < -0.3 is 10.4 Å². The fourth-order valence-corrected chi connectivity index (χ4v) is 1.58. The monoisotopic (exact) mass is 220 g/mol. The van der Waals surface area contributed by atoms with E-state index >= 15 is 0 Å². The Bertz CT molecular complexity index is 631. The summed E-state index contributed by atoms with van der Waals surface area (Å²) < 4.78 is 1.50. The number of oxime groups is 1. The van der Waals surface area contributed by atoms with Crippen molar-refractivity contribution in [3.8, 4) is 0 Å². The molecule has 0 fully saturated rings. The van der Waals surface area contributed by atoms with Crippen LogP contribution in [0.4, 0.5) is 0 Å². The molecule has 2 rings (SSSR count). The Labute approximate surface area is 90.2 Å². The zero-order chi connectivity index (χ0) is 11.7. The summed E-state index contributed by atoms with van der Waals surface area (Å²) in [4.78, 5) is 11.9. The standard InChI is InChI=1S/C10H9N3O3/c1-7-10(6-11-14)13(16)9-5-3-2-4-8(9)12(7)15/h2-6,15H,1H3/p+1/b11-6-. The topological polar surface area (TPSA) is 80.7 Å². The van der Waals surface area contributed by atoms with Crippen molar-refractivity contribution >= 4 is 17.2 Å². The predicted octanol–water partition coefficient (Wildman–Crippen LogP) is 0.910. The van der Waals surface area contributed by atoms with Crippen LogP contribution in [0.25, 0.3) is 11.0 Å². The number of aromatic nitrogens is 2. The molecule has 1 aromatic carbocycles. The van der Waals surface area contributed by atoms with Gasteiger partial charge in [0.05, 0.1) is 4.43 Å². The summed E-state index contributed by atoms with van der Waals surface area (Å²) in [5.74, 6) is 0. The van der Waals surface area contributed by atoms with Gasteiger partial charge in [-0.25, -0.2) is 0 Å². The second-order valence-electron chi connectivity index (χ2n) is 3.31. The lowest BCUT2D eigenvalue weighted by atomic mass is 10.2. The van der Waals surface area contributed by atoms with Gasteiger partial charge in [0.25, 0.3) is 5.52 Å². The predicted molar refractivity (Wildman–Crippen MR) is 56.6 cm³/mol. The molecule has 0 saturated carbocycles. The third kappa shape index (κ3) is 1.31. The Kier molecular flexibility index (Phi) is 2.32. The van der Waals surface area contributed by atoms with Crippen molar-refractivity contribution in [3.05, 3.63) is 40.6 Å². The second kappa shape index (κ2) is 3.65. The molecule has 1 aromatic heterocycles. The zero-order valence-electron chi connectivity index (χ0n) is 8.53. The van der Waals surface area contributed by atoms with Crippen molar-refractivity contribution in [2.24, 2.45) is 5.16 Å². The van der Waals surface area contributed by atoms with Gasteiger partial charge in [0.1, 0.15) is 11.9 Å². The van der Waals surface area contributed by atoms with Gasteiger partial charge in [0.15, 0.2) is 5.52 Å². The maximum Gasteiger partial charge on any atom is 0.307 e. The fraction of sp³-hybridized carbons (Fsp3) is 0.100. The van der Waals surface area contributed by atoms with E-state index in [4.69, 9.17) is 5.21 Å². The van der Waals surface area contributed by atoms with Crippen molar-refractivity contribution in [3.63, 3.8) is 0 Å². The number of hydrogen-bond donors (Lipinski definition) is 2. The van der Waals surface area contributed by atoms with Crippen molar-refractivity contribution in [1.82, 2.24) is 4.73 Å². The molecule has 0 aliphatic carbocycles. The van der Waals surface area contributed by atoms with Gasteiger partial charge >= 0.3 is 5.69 Å². The van der Waals surface area contributed by atoms with E-state index in [0.29, 0.717) is 21.2 Å². The van der Waals surface area contributed by atoms with Crippen molar-refractivity contribution < 1.29 is 14.8 Å². The summed E-state index contributed by atoms with van der Waals surface area (Å²) in [6, 6.07) is 6.60. The highest BCUT2D eigenvalue weighted by Gasteiger charge is 2.20. The first-order chi connectivity index (χ1) is 7.66. The maximum atomic E-state index is 11.9. The number of rotatable bonds is 1. The Hall–Kier alpha value is -2.37. The molecule has 16 heavy (non-hydrogen) atoms. The molecule has 0 spiro atoms. The average Bonchev–Trinajstić information content (AvgIpc) is 2.32. The molecule has 0 amide bonds. The van der Waals surface area contributed by atoms with Crippen LogP contribution in [-0.2, 0) is 0 Å². The van der Waals surface area contributed by atoms with E-state index in [2.05, 4.69) is 5.16 Å². The van der Waals surface area contributed by atoms with Crippen LogP contribution in [0, 0.1) is 11.8 Å². The lowest BCUT2D eigenvalue weighted by Crippen LogP contribution is -2.27. The van der Waals surface area contributed by atoms with Crippen LogP contribution in [0.5, 0.6) is 0 Å². The number of benzene rings is 1. The van der Waals surface area contributed by atoms with Crippen LogP contribution in [0.3, 0.4) is 0 Å². The normalized spacial score (nSPS) is 11.3. The molecular formula is C10H10N3O3+. The van der Waals surface area contributed by atoms with Gasteiger partial charge in [-0.15, -0.1) is 0 Å².